The Morgan fingerprint density at radius 3 is 2.25 bits per heavy atom. The summed E-state index contributed by atoms with van der Waals surface area (Å²) in [5.74, 6) is 0. The van der Waals surface area contributed by atoms with Crippen LogP contribution in [-0.2, 0) is 4.79 Å². The van der Waals surface area contributed by atoms with Gasteiger partial charge in [-0.2, -0.15) is 0 Å². The molecule has 0 bridgehead atoms. The minimum absolute atomic E-state index is 0.909. The normalized spacial score (nSPS) is 12.3. The highest BCUT2D eigenvalue weighted by atomic mass is 28.3. The smallest absolute Gasteiger partial charge is 0.145 e. The van der Waals surface area contributed by atoms with Crippen molar-refractivity contribution in [2.75, 3.05) is 19.0 Å². The molecule has 1 rings (SSSR count). The van der Waals surface area contributed by atoms with Crippen LogP contribution in [0.3, 0.4) is 0 Å². The second kappa shape index (κ2) is 7.43. The lowest BCUT2D eigenvalue weighted by Crippen LogP contribution is -2.40. The Bertz CT molecular complexity index is 460. The van der Waals surface area contributed by atoms with Gasteiger partial charge < -0.3 is 4.90 Å². The predicted molar refractivity (Wildman–Crippen MR) is 91.6 cm³/mol. The van der Waals surface area contributed by atoms with E-state index in [-0.39, 0.29) is 0 Å². The van der Waals surface area contributed by atoms with E-state index in [4.69, 9.17) is 0 Å². The third-order valence-corrected chi connectivity index (χ3v) is 6.56. The van der Waals surface area contributed by atoms with Crippen molar-refractivity contribution >= 4 is 25.2 Å². The Labute approximate surface area is 124 Å². The van der Waals surface area contributed by atoms with Crippen molar-refractivity contribution in [2.45, 2.75) is 39.3 Å². The molecule has 110 valence electrons. The highest BCUT2D eigenvalue weighted by Gasteiger charge is 2.21. The number of hydrogen-bond acceptors (Lipinski definition) is 2. The van der Waals surface area contributed by atoms with Gasteiger partial charge in [0.15, 0.2) is 0 Å². The van der Waals surface area contributed by atoms with E-state index < -0.39 is 8.07 Å². The molecular weight excluding hydrogens is 262 g/mol. The fourth-order valence-electron chi connectivity index (χ4n) is 2.28. The molecular formula is C17H27NOSi. The van der Waals surface area contributed by atoms with Gasteiger partial charge in [-0.25, -0.2) is 0 Å². The van der Waals surface area contributed by atoms with E-state index in [2.05, 4.69) is 54.9 Å². The molecule has 0 fully saturated rings. The van der Waals surface area contributed by atoms with Gasteiger partial charge in [0, 0.05) is 19.8 Å². The number of hydrogen-bond donors (Lipinski definition) is 0. The van der Waals surface area contributed by atoms with E-state index in [1.807, 2.05) is 14.1 Å². The molecule has 0 heterocycles. The fraction of sp³-hybridized carbons (Fsp3) is 0.471. The third kappa shape index (κ3) is 4.64. The van der Waals surface area contributed by atoms with Crippen LogP contribution in [0.4, 0.5) is 5.69 Å². The average Bonchev–Trinajstić information content (AvgIpc) is 2.43. The highest BCUT2D eigenvalue weighted by Crippen LogP contribution is 2.15. The predicted octanol–water partition coefficient (Wildman–Crippen LogP) is 3.52. The molecule has 0 atom stereocenters. The zero-order chi connectivity index (χ0) is 15.2. The van der Waals surface area contributed by atoms with Gasteiger partial charge in [0.25, 0.3) is 0 Å². The van der Waals surface area contributed by atoms with Crippen molar-refractivity contribution < 1.29 is 4.79 Å². The zero-order valence-electron chi connectivity index (χ0n) is 13.4. The molecule has 0 saturated carbocycles. The van der Waals surface area contributed by atoms with Gasteiger partial charge in [-0.15, -0.1) is 0 Å². The van der Waals surface area contributed by atoms with Crippen molar-refractivity contribution in [1.29, 1.82) is 0 Å². The van der Waals surface area contributed by atoms with E-state index in [1.54, 1.807) is 0 Å². The number of aldehydes is 1. The van der Waals surface area contributed by atoms with Gasteiger partial charge in [0.1, 0.15) is 14.4 Å². The summed E-state index contributed by atoms with van der Waals surface area (Å²) in [4.78, 5) is 13.3. The van der Waals surface area contributed by atoms with Crippen molar-refractivity contribution in [3.63, 3.8) is 0 Å². The molecule has 0 saturated heterocycles. The van der Waals surface area contributed by atoms with Crippen LogP contribution in [-0.4, -0.2) is 28.5 Å². The van der Waals surface area contributed by atoms with Crippen molar-refractivity contribution in [1.82, 2.24) is 0 Å². The number of carbonyl (C=O) groups excluding carboxylic acids is 1. The minimum atomic E-state index is -1.68. The first-order valence-corrected chi connectivity index (χ1v) is 10.4. The third-order valence-electron chi connectivity index (χ3n) is 3.64. The fourth-order valence-corrected chi connectivity index (χ4v) is 4.61. The van der Waals surface area contributed by atoms with Crippen LogP contribution in [0.5, 0.6) is 0 Å². The molecule has 1 aromatic carbocycles. The molecule has 0 aliphatic heterocycles. The molecule has 0 aliphatic carbocycles. The van der Waals surface area contributed by atoms with Crippen LogP contribution in [0.1, 0.15) is 26.2 Å². The molecule has 0 spiro atoms. The van der Waals surface area contributed by atoms with E-state index in [9.17, 15) is 4.79 Å². The molecule has 0 aromatic heterocycles. The highest BCUT2D eigenvalue weighted by molar-refractivity contribution is 6.94. The van der Waals surface area contributed by atoms with Crippen molar-refractivity contribution in [3.8, 4) is 0 Å². The Morgan fingerprint density at radius 1 is 1.20 bits per heavy atom. The molecule has 0 aliphatic rings. The Morgan fingerprint density at radius 2 is 1.80 bits per heavy atom. The number of unbranched alkanes of at least 4 members (excludes halogenated alkanes) is 1. The summed E-state index contributed by atoms with van der Waals surface area (Å²) in [6.45, 7) is 6.76. The van der Waals surface area contributed by atoms with Crippen LogP contribution in [0.25, 0.3) is 0 Å². The van der Waals surface area contributed by atoms with Gasteiger partial charge in [-0.05, 0) is 30.5 Å². The molecule has 1 aromatic rings. The standard InChI is InChI=1S/C17H27NOSi/c1-6-7-8-15(13-19)14-20(4,5)17-11-9-16(10-12-17)18(2)3/h9-14H,6-8H2,1-5H3/b15-14-. The number of nitrogens with zero attached hydrogens (tertiary/aromatic N) is 1. The first-order chi connectivity index (χ1) is 9.40. The van der Waals surface area contributed by atoms with Crippen LogP contribution in [0, 0.1) is 0 Å². The Hall–Kier alpha value is -1.35. The Kier molecular flexibility index (Phi) is 6.21. The molecule has 3 heteroatoms. The van der Waals surface area contributed by atoms with E-state index in [0.717, 1.165) is 31.1 Å². The maximum Gasteiger partial charge on any atom is 0.145 e. The quantitative estimate of drug-likeness (QED) is 0.435. The van der Waals surface area contributed by atoms with E-state index in [1.165, 1.54) is 10.9 Å². The first kappa shape index (κ1) is 16.7. The molecule has 0 radical (unpaired) electrons. The molecule has 20 heavy (non-hydrogen) atoms. The second-order valence-electron chi connectivity index (χ2n) is 6.10. The molecule has 0 amide bonds. The van der Waals surface area contributed by atoms with Crippen LogP contribution in [0.15, 0.2) is 35.5 Å². The summed E-state index contributed by atoms with van der Waals surface area (Å²) in [5.41, 5.74) is 4.43. The molecule has 2 nitrogen and oxygen atoms in total. The van der Waals surface area contributed by atoms with Gasteiger partial charge in [0.05, 0.1) is 0 Å². The lowest BCUT2D eigenvalue weighted by atomic mass is 10.1. The van der Waals surface area contributed by atoms with E-state index in [0.29, 0.717) is 0 Å². The number of rotatable bonds is 7. The van der Waals surface area contributed by atoms with E-state index >= 15 is 0 Å². The number of anilines is 1. The van der Waals surface area contributed by atoms with Gasteiger partial charge >= 0.3 is 0 Å². The summed E-state index contributed by atoms with van der Waals surface area (Å²) in [7, 11) is 2.41. The lowest BCUT2D eigenvalue weighted by molar-refractivity contribution is -0.105. The lowest BCUT2D eigenvalue weighted by Gasteiger charge is -2.21. The SMILES string of the molecule is CCCC/C(C=O)=C/[Si](C)(C)c1ccc(N(C)C)cc1. The minimum Gasteiger partial charge on any atom is -0.378 e. The van der Waals surface area contributed by atoms with Crippen LogP contribution < -0.4 is 10.1 Å². The van der Waals surface area contributed by atoms with Gasteiger partial charge in [-0.3, -0.25) is 4.79 Å². The topological polar surface area (TPSA) is 20.3 Å². The van der Waals surface area contributed by atoms with Crippen LogP contribution in [0.2, 0.25) is 13.1 Å². The van der Waals surface area contributed by atoms with Crippen molar-refractivity contribution in [2.24, 2.45) is 0 Å². The average molecular weight is 289 g/mol. The van der Waals surface area contributed by atoms with Crippen LogP contribution >= 0.6 is 0 Å². The van der Waals surface area contributed by atoms with Gasteiger partial charge in [0.2, 0.25) is 0 Å². The zero-order valence-corrected chi connectivity index (χ0v) is 14.4. The first-order valence-electron chi connectivity index (χ1n) is 7.35. The largest absolute Gasteiger partial charge is 0.378 e. The maximum atomic E-state index is 11.2. The molecule has 0 unspecified atom stereocenters. The number of carbonyl (C=O) groups is 1. The monoisotopic (exact) mass is 289 g/mol. The number of benzene rings is 1. The summed E-state index contributed by atoms with van der Waals surface area (Å²) in [6, 6.07) is 8.73. The van der Waals surface area contributed by atoms with Gasteiger partial charge in [-0.1, -0.05) is 49.5 Å². The number of allylic oxidation sites excluding steroid dienone is 1. The summed E-state index contributed by atoms with van der Waals surface area (Å²) in [6.07, 6.45) is 4.17. The maximum absolute atomic E-state index is 11.2. The second-order valence-corrected chi connectivity index (χ2v) is 10.4. The molecule has 0 N–H and O–H groups in total. The Balaban J connectivity index is 2.96. The summed E-state index contributed by atoms with van der Waals surface area (Å²) < 4.78 is 0. The summed E-state index contributed by atoms with van der Waals surface area (Å²) in [5, 5.41) is 1.37. The summed E-state index contributed by atoms with van der Waals surface area (Å²) >= 11 is 0. The van der Waals surface area contributed by atoms with Crippen molar-refractivity contribution in [3.05, 3.63) is 35.5 Å².